The van der Waals surface area contributed by atoms with Gasteiger partial charge in [0, 0.05) is 6.54 Å². The van der Waals surface area contributed by atoms with Gasteiger partial charge in [-0.2, -0.15) is 0 Å². The van der Waals surface area contributed by atoms with Crippen molar-refractivity contribution in [3.63, 3.8) is 0 Å². The van der Waals surface area contributed by atoms with Gasteiger partial charge in [-0.1, -0.05) is 30.3 Å². The van der Waals surface area contributed by atoms with Crippen LogP contribution in [0.1, 0.15) is 28.8 Å². The zero-order valence-electron chi connectivity index (χ0n) is 13.4. The molecule has 0 bridgehead atoms. The molecule has 2 aromatic rings. The Balaban J connectivity index is 0.00000208. The molecule has 1 aliphatic heterocycles. The molecule has 0 aliphatic carbocycles. The molecule has 128 valence electrons. The smallest absolute Gasteiger partial charge is 0.338 e. The van der Waals surface area contributed by atoms with Crippen LogP contribution in [0.2, 0.25) is 0 Å². The summed E-state index contributed by atoms with van der Waals surface area (Å²) in [5, 5.41) is 3.32. The topological polar surface area (TPSA) is 47.6 Å². The largest absolute Gasteiger partial charge is 0.489 e. The molecule has 1 heterocycles. The number of benzene rings is 2. The van der Waals surface area contributed by atoms with Crippen LogP contribution in [0.15, 0.2) is 54.6 Å². The number of hydrogen-bond acceptors (Lipinski definition) is 4. The van der Waals surface area contributed by atoms with Crippen molar-refractivity contribution in [2.45, 2.75) is 25.6 Å². The molecule has 0 saturated carbocycles. The first kappa shape index (κ1) is 18.3. The summed E-state index contributed by atoms with van der Waals surface area (Å²) in [5.74, 6) is 0.470. The van der Waals surface area contributed by atoms with Gasteiger partial charge in [0.1, 0.15) is 18.5 Å². The van der Waals surface area contributed by atoms with Gasteiger partial charge in [0.25, 0.3) is 0 Å². The van der Waals surface area contributed by atoms with E-state index in [1.807, 2.05) is 42.5 Å². The van der Waals surface area contributed by atoms with Crippen molar-refractivity contribution in [1.82, 2.24) is 5.32 Å². The first-order chi connectivity index (χ1) is 11.3. The summed E-state index contributed by atoms with van der Waals surface area (Å²) in [6.07, 6.45) is 2.40. The Morgan fingerprint density at radius 2 is 1.83 bits per heavy atom. The molecule has 5 heteroatoms. The second-order valence-corrected chi connectivity index (χ2v) is 5.67. The van der Waals surface area contributed by atoms with E-state index >= 15 is 0 Å². The molecule has 2 aromatic carbocycles. The quantitative estimate of drug-likeness (QED) is 0.839. The maximum atomic E-state index is 12.0. The molecule has 1 fully saturated rings. The van der Waals surface area contributed by atoms with Gasteiger partial charge in [0.05, 0.1) is 5.56 Å². The molecule has 1 atom stereocenters. The monoisotopic (exact) mass is 347 g/mol. The van der Waals surface area contributed by atoms with Crippen LogP contribution < -0.4 is 10.1 Å². The number of halogens is 1. The highest BCUT2D eigenvalue weighted by Crippen LogP contribution is 2.17. The van der Waals surface area contributed by atoms with Gasteiger partial charge in [-0.25, -0.2) is 4.79 Å². The molecule has 0 aromatic heterocycles. The Labute approximate surface area is 148 Å². The summed E-state index contributed by atoms with van der Waals surface area (Å²) in [6.45, 7) is 2.22. The van der Waals surface area contributed by atoms with E-state index in [9.17, 15) is 4.79 Å². The summed E-state index contributed by atoms with van der Waals surface area (Å²) in [6, 6.07) is 16.8. The van der Waals surface area contributed by atoms with E-state index < -0.39 is 0 Å². The van der Waals surface area contributed by atoms with E-state index in [-0.39, 0.29) is 31.1 Å². The van der Waals surface area contributed by atoms with Crippen LogP contribution in [0.5, 0.6) is 5.75 Å². The van der Waals surface area contributed by atoms with Crippen LogP contribution in [0, 0.1) is 0 Å². The SMILES string of the molecule is Cl.O=C(OCc1ccccc1)c1ccc(OC2CCCNC2)cc1. The third-order valence-electron chi connectivity index (χ3n) is 3.86. The van der Waals surface area contributed by atoms with Crippen molar-refractivity contribution in [2.75, 3.05) is 13.1 Å². The summed E-state index contributed by atoms with van der Waals surface area (Å²) >= 11 is 0. The van der Waals surface area contributed by atoms with Crippen LogP contribution >= 0.6 is 12.4 Å². The average molecular weight is 348 g/mol. The summed E-state index contributed by atoms with van der Waals surface area (Å²) in [5.41, 5.74) is 1.51. The van der Waals surface area contributed by atoms with Crippen molar-refractivity contribution in [2.24, 2.45) is 0 Å². The van der Waals surface area contributed by atoms with E-state index in [0.717, 1.165) is 37.2 Å². The summed E-state index contributed by atoms with van der Waals surface area (Å²) in [7, 11) is 0. The molecule has 0 spiro atoms. The predicted molar refractivity (Wildman–Crippen MR) is 95.8 cm³/mol. The molecule has 0 radical (unpaired) electrons. The predicted octanol–water partition coefficient (Wildman–Crippen LogP) is 3.60. The maximum absolute atomic E-state index is 12.0. The minimum Gasteiger partial charge on any atom is -0.489 e. The van der Waals surface area contributed by atoms with Gasteiger partial charge in [0.15, 0.2) is 0 Å². The standard InChI is InChI=1S/C19H21NO3.ClH/c21-19(22-14-15-5-2-1-3-6-15)16-8-10-17(11-9-16)23-18-7-4-12-20-13-18;/h1-3,5-6,8-11,18,20H,4,7,12-14H2;1H. The molecule has 1 N–H and O–H groups in total. The fourth-order valence-corrected chi connectivity index (χ4v) is 2.59. The zero-order chi connectivity index (χ0) is 15.9. The lowest BCUT2D eigenvalue weighted by molar-refractivity contribution is 0.0472. The van der Waals surface area contributed by atoms with Gasteiger partial charge in [-0.3, -0.25) is 0 Å². The third-order valence-corrected chi connectivity index (χ3v) is 3.86. The lowest BCUT2D eigenvalue weighted by Crippen LogP contribution is -2.37. The fraction of sp³-hybridized carbons (Fsp3) is 0.316. The van der Waals surface area contributed by atoms with Crippen molar-refractivity contribution in [1.29, 1.82) is 0 Å². The second-order valence-electron chi connectivity index (χ2n) is 5.67. The molecule has 1 unspecified atom stereocenters. The van der Waals surface area contributed by atoms with Crippen LogP contribution in [0.4, 0.5) is 0 Å². The number of hydrogen-bond donors (Lipinski definition) is 1. The molecule has 4 nitrogen and oxygen atoms in total. The average Bonchev–Trinajstić information content (AvgIpc) is 2.62. The van der Waals surface area contributed by atoms with Crippen molar-refractivity contribution >= 4 is 18.4 Å². The van der Waals surface area contributed by atoms with Crippen LogP contribution in [-0.4, -0.2) is 25.2 Å². The van der Waals surface area contributed by atoms with Crippen molar-refractivity contribution < 1.29 is 14.3 Å². The van der Waals surface area contributed by atoms with Gasteiger partial charge in [-0.15, -0.1) is 12.4 Å². The first-order valence-electron chi connectivity index (χ1n) is 8.00. The van der Waals surface area contributed by atoms with Crippen LogP contribution in [-0.2, 0) is 11.3 Å². The highest BCUT2D eigenvalue weighted by Gasteiger charge is 2.14. The number of carbonyl (C=O) groups excluding carboxylic acids is 1. The van der Waals surface area contributed by atoms with Gasteiger partial charge >= 0.3 is 5.97 Å². The summed E-state index contributed by atoms with van der Waals surface area (Å²) < 4.78 is 11.2. The highest BCUT2D eigenvalue weighted by molar-refractivity contribution is 5.89. The fourth-order valence-electron chi connectivity index (χ4n) is 2.59. The molecule has 1 saturated heterocycles. The van der Waals surface area contributed by atoms with E-state index in [2.05, 4.69) is 5.32 Å². The minimum absolute atomic E-state index is 0. The summed E-state index contributed by atoms with van der Waals surface area (Å²) in [4.78, 5) is 12.0. The van der Waals surface area contributed by atoms with Crippen LogP contribution in [0.25, 0.3) is 0 Å². The zero-order valence-corrected chi connectivity index (χ0v) is 14.3. The number of rotatable bonds is 5. The number of nitrogens with one attached hydrogen (secondary N) is 1. The van der Waals surface area contributed by atoms with Crippen LogP contribution in [0.3, 0.4) is 0 Å². The molecular formula is C19H22ClNO3. The Morgan fingerprint density at radius 1 is 1.08 bits per heavy atom. The third kappa shape index (κ3) is 5.25. The first-order valence-corrected chi connectivity index (χ1v) is 8.00. The number of esters is 1. The number of ether oxygens (including phenoxy) is 2. The molecular weight excluding hydrogens is 326 g/mol. The van der Waals surface area contributed by atoms with Gasteiger partial charge in [0.2, 0.25) is 0 Å². The second kappa shape index (κ2) is 9.30. The molecule has 1 aliphatic rings. The lowest BCUT2D eigenvalue weighted by Gasteiger charge is -2.23. The van der Waals surface area contributed by atoms with E-state index in [1.165, 1.54) is 0 Å². The minimum atomic E-state index is -0.320. The van der Waals surface area contributed by atoms with Gasteiger partial charge in [-0.05, 0) is 49.2 Å². The highest BCUT2D eigenvalue weighted by atomic mass is 35.5. The number of piperidine rings is 1. The van der Waals surface area contributed by atoms with Gasteiger partial charge < -0.3 is 14.8 Å². The maximum Gasteiger partial charge on any atom is 0.338 e. The van der Waals surface area contributed by atoms with E-state index in [1.54, 1.807) is 12.1 Å². The molecule has 24 heavy (non-hydrogen) atoms. The Hall–Kier alpha value is -2.04. The Kier molecular flexibility index (Phi) is 7.09. The van der Waals surface area contributed by atoms with Crippen molar-refractivity contribution in [3.05, 3.63) is 65.7 Å². The Morgan fingerprint density at radius 3 is 2.50 bits per heavy atom. The normalized spacial score (nSPS) is 16.8. The number of carbonyl (C=O) groups is 1. The lowest BCUT2D eigenvalue weighted by atomic mass is 10.1. The molecule has 3 rings (SSSR count). The van der Waals surface area contributed by atoms with E-state index in [0.29, 0.717) is 5.56 Å². The molecule has 0 amide bonds. The Bertz CT molecular complexity index is 625. The van der Waals surface area contributed by atoms with E-state index in [4.69, 9.17) is 9.47 Å². The van der Waals surface area contributed by atoms with Crippen molar-refractivity contribution in [3.8, 4) is 5.75 Å².